The van der Waals surface area contributed by atoms with Crippen LogP contribution in [0.2, 0.25) is 0 Å². The second-order valence-electron chi connectivity index (χ2n) is 11.3. The largest absolute Gasteiger partial charge is 0.458 e. The van der Waals surface area contributed by atoms with Crippen LogP contribution < -0.4 is 0 Å². The van der Waals surface area contributed by atoms with Gasteiger partial charge in [0.2, 0.25) is 0 Å². The molecule has 0 aromatic carbocycles. The van der Waals surface area contributed by atoms with Gasteiger partial charge in [-0.25, -0.2) is 13.2 Å². The number of aliphatic hydroxyl groups excluding tert-OH is 1. The van der Waals surface area contributed by atoms with Crippen molar-refractivity contribution in [2.24, 2.45) is 34.0 Å². The fourth-order valence-electron chi connectivity index (χ4n) is 8.52. The van der Waals surface area contributed by atoms with Crippen molar-refractivity contribution in [3.05, 3.63) is 23.8 Å². The second kappa shape index (κ2) is 7.43. The summed E-state index contributed by atoms with van der Waals surface area (Å²) in [6.07, 6.45) is 1.09. The lowest BCUT2D eigenvalue weighted by Crippen LogP contribution is -2.69. The highest BCUT2D eigenvalue weighted by Gasteiger charge is 2.78. The third kappa shape index (κ3) is 2.76. The number of esters is 1. The summed E-state index contributed by atoms with van der Waals surface area (Å²) in [5.41, 5.74) is -5.49. The molecule has 0 aromatic heterocycles. The second-order valence-corrected chi connectivity index (χ2v) is 11.7. The van der Waals surface area contributed by atoms with Crippen molar-refractivity contribution in [1.29, 1.82) is 0 Å². The van der Waals surface area contributed by atoms with Crippen LogP contribution in [-0.4, -0.2) is 64.7 Å². The van der Waals surface area contributed by atoms with E-state index in [0.717, 1.165) is 0 Å². The number of ether oxygens (including phenoxy) is 1. The summed E-state index contributed by atoms with van der Waals surface area (Å²) in [5.74, 6) is -2.73. The highest BCUT2D eigenvalue weighted by Crippen LogP contribution is 2.74. The molecule has 9 heteroatoms. The molecule has 5 aliphatic rings. The van der Waals surface area contributed by atoms with Gasteiger partial charge in [0.25, 0.3) is 0 Å². The zero-order valence-electron chi connectivity index (χ0n) is 19.5. The summed E-state index contributed by atoms with van der Waals surface area (Å²) in [6.45, 7) is 4.84. The molecule has 4 fully saturated rings. The van der Waals surface area contributed by atoms with E-state index in [1.165, 1.54) is 29.6 Å². The van der Waals surface area contributed by atoms with E-state index in [0.29, 0.717) is 13.0 Å². The van der Waals surface area contributed by atoms with Crippen molar-refractivity contribution in [3.8, 4) is 0 Å². The quantitative estimate of drug-likeness (QED) is 0.476. The number of nitrogens with zero attached hydrogens (tertiary/aromatic N) is 1. The number of carbonyl (C=O) groups is 3. The van der Waals surface area contributed by atoms with Crippen LogP contribution in [0.1, 0.15) is 40.0 Å². The zero-order chi connectivity index (χ0) is 24.8. The van der Waals surface area contributed by atoms with Gasteiger partial charge >= 0.3 is 5.97 Å². The molecule has 0 aromatic rings. The molecular weight excluding hydrogens is 468 g/mol. The van der Waals surface area contributed by atoms with E-state index in [1.807, 2.05) is 6.92 Å². The van der Waals surface area contributed by atoms with E-state index >= 15 is 8.78 Å². The predicted molar refractivity (Wildman–Crippen MR) is 119 cm³/mol. The number of rotatable bonds is 3. The van der Waals surface area contributed by atoms with Gasteiger partial charge in [-0.2, -0.15) is 0 Å². The van der Waals surface area contributed by atoms with Gasteiger partial charge in [-0.3, -0.25) is 14.4 Å². The third-order valence-electron chi connectivity index (χ3n) is 10.0. The molecule has 1 saturated heterocycles. The van der Waals surface area contributed by atoms with E-state index in [9.17, 15) is 19.5 Å². The fourth-order valence-corrected chi connectivity index (χ4v) is 8.87. The summed E-state index contributed by atoms with van der Waals surface area (Å²) in [7, 11) is 0. The Bertz CT molecular complexity index is 1030. The number of hydrogen-bond donors (Lipinski definition) is 1. The first kappa shape index (κ1) is 24.1. The lowest BCUT2D eigenvalue weighted by Gasteiger charge is -2.63. The molecule has 0 spiro atoms. The number of hydrogen-bond acceptors (Lipinski definition) is 6. The minimum Gasteiger partial charge on any atom is -0.458 e. The third-order valence-corrected chi connectivity index (χ3v) is 10.3. The van der Waals surface area contributed by atoms with Crippen molar-refractivity contribution >= 4 is 29.3 Å². The molecule has 1 N–H and O–H groups in total. The van der Waals surface area contributed by atoms with Crippen LogP contribution in [-0.2, 0) is 19.1 Å². The Kier molecular flexibility index (Phi) is 5.26. The highest BCUT2D eigenvalue weighted by molar-refractivity contribution is 6.14. The van der Waals surface area contributed by atoms with Crippen LogP contribution in [0.25, 0.3) is 0 Å². The number of allylic oxidation sites excluding steroid dienone is 4. The van der Waals surface area contributed by atoms with Gasteiger partial charge in [0.15, 0.2) is 23.8 Å². The van der Waals surface area contributed by atoms with Crippen LogP contribution in [0.4, 0.5) is 8.78 Å². The van der Waals surface area contributed by atoms with Gasteiger partial charge in [0, 0.05) is 31.3 Å². The number of halogens is 3. The van der Waals surface area contributed by atoms with Crippen molar-refractivity contribution in [2.75, 3.05) is 19.7 Å². The maximum Gasteiger partial charge on any atom is 0.303 e. The Morgan fingerprint density at radius 3 is 2.68 bits per heavy atom. The summed E-state index contributed by atoms with van der Waals surface area (Å²) < 4.78 is 39.4. The van der Waals surface area contributed by atoms with E-state index in [2.05, 4.69) is 0 Å². The van der Waals surface area contributed by atoms with Gasteiger partial charge in [-0.05, 0) is 72.9 Å². The average Bonchev–Trinajstić information content (AvgIpc) is 3.21. The number of alkyl halides is 2. The normalized spacial score (nSPS) is 49.6. The van der Waals surface area contributed by atoms with Gasteiger partial charge in [0.1, 0.15) is 6.17 Å². The molecule has 1 heterocycles. The summed E-state index contributed by atoms with van der Waals surface area (Å²) in [5, 5.41) is 11.4. The molecule has 3 saturated carbocycles. The molecule has 34 heavy (non-hydrogen) atoms. The topological polar surface area (TPSA) is 83.9 Å². The van der Waals surface area contributed by atoms with E-state index in [1.54, 1.807) is 6.92 Å². The van der Waals surface area contributed by atoms with E-state index in [-0.39, 0.29) is 48.4 Å². The number of carbonyl (C=O) groups excluding carboxylic acids is 3. The Morgan fingerprint density at radius 1 is 1.29 bits per heavy atom. The maximum atomic E-state index is 17.3. The van der Waals surface area contributed by atoms with Gasteiger partial charge in [-0.1, -0.05) is 13.0 Å². The SMILES string of the molecule is CC(=O)OCC(=O)[C@@]12CN(Cl)C[C@@H]1C[C@H]1[C@@H]3C[C@H](F)C4=CC(=O)C=C[C@]4(C)[C@@]3(F)[C@@H](O)C[C@@]12C. The van der Waals surface area contributed by atoms with Gasteiger partial charge < -0.3 is 9.84 Å². The number of ketones is 2. The average molecular weight is 498 g/mol. The highest BCUT2D eigenvalue weighted by atomic mass is 35.5. The molecule has 6 nitrogen and oxygen atoms in total. The summed E-state index contributed by atoms with van der Waals surface area (Å²) in [4.78, 5) is 37.0. The Morgan fingerprint density at radius 2 is 2.00 bits per heavy atom. The Labute approximate surface area is 202 Å². The molecule has 9 atom stereocenters. The summed E-state index contributed by atoms with van der Waals surface area (Å²) >= 11 is 6.38. The van der Waals surface area contributed by atoms with Crippen molar-refractivity contribution in [1.82, 2.24) is 4.42 Å². The summed E-state index contributed by atoms with van der Waals surface area (Å²) in [6, 6.07) is 0. The van der Waals surface area contributed by atoms with Gasteiger partial charge in [0.05, 0.1) is 11.5 Å². The zero-order valence-corrected chi connectivity index (χ0v) is 20.3. The number of fused-ring (bicyclic) bond motifs is 7. The molecule has 0 amide bonds. The maximum absolute atomic E-state index is 17.3. The number of Topliss-reactive ketones (excluding diaryl/α,β-unsaturated/α-hetero) is 1. The Hall–Kier alpha value is -1.64. The molecule has 1 aliphatic heterocycles. The van der Waals surface area contributed by atoms with Crippen LogP contribution in [0.15, 0.2) is 23.8 Å². The molecule has 5 rings (SSSR count). The minimum absolute atomic E-state index is 0.0146. The van der Waals surface area contributed by atoms with Crippen LogP contribution in [0.3, 0.4) is 0 Å². The van der Waals surface area contributed by atoms with Crippen molar-refractivity contribution in [2.45, 2.75) is 58.0 Å². The lowest BCUT2D eigenvalue weighted by atomic mass is 9.43. The first-order chi connectivity index (χ1) is 15.8. The standard InChI is InChI=1S/C25H30ClF2NO5/c1-13(30)34-11-21(33)24-12-29(26)10-14(24)6-16-17-8-19(27)18-7-15(31)4-5-22(18,2)25(17,28)20(32)9-23(16,24)3/h4-5,7,14,16-17,19-20,32H,6,8-12H2,1-3H3/t14-,16-,17-,19-,20-,22-,23-,24+,25-/m0/s1. The monoisotopic (exact) mass is 497 g/mol. The predicted octanol–water partition coefficient (Wildman–Crippen LogP) is 3.12. The van der Waals surface area contributed by atoms with Crippen LogP contribution in [0, 0.1) is 34.0 Å². The van der Waals surface area contributed by atoms with Crippen molar-refractivity contribution in [3.63, 3.8) is 0 Å². The van der Waals surface area contributed by atoms with Gasteiger partial charge in [-0.15, -0.1) is 0 Å². The Balaban J connectivity index is 1.61. The van der Waals surface area contributed by atoms with Crippen molar-refractivity contribution < 1.29 is 33.0 Å². The first-order valence-corrected chi connectivity index (χ1v) is 12.2. The van der Waals surface area contributed by atoms with E-state index < -0.39 is 52.7 Å². The molecule has 0 unspecified atom stereocenters. The number of aliphatic hydroxyl groups is 1. The molecule has 4 aliphatic carbocycles. The fraction of sp³-hybridized carbons (Fsp3) is 0.720. The van der Waals surface area contributed by atoms with Crippen LogP contribution >= 0.6 is 11.8 Å². The molecule has 0 bridgehead atoms. The van der Waals surface area contributed by atoms with Crippen LogP contribution in [0.5, 0.6) is 0 Å². The van der Waals surface area contributed by atoms with E-state index in [4.69, 9.17) is 16.5 Å². The lowest BCUT2D eigenvalue weighted by molar-refractivity contribution is -0.211. The molecule has 186 valence electrons. The molecular formula is C25H30ClF2NO5. The first-order valence-electron chi connectivity index (χ1n) is 11.8. The smallest absolute Gasteiger partial charge is 0.303 e. The minimum atomic E-state index is -2.19. The molecule has 0 radical (unpaired) electrons.